The number of fused-ring (bicyclic) bond motifs is 3. The zero-order chi connectivity index (χ0) is 24.9. The van der Waals surface area contributed by atoms with Gasteiger partial charge in [-0.05, 0) is 36.4 Å². The molecule has 0 aliphatic carbocycles. The molecular weight excluding hydrogens is 452 g/mol. The fraction of sp³-hybridized carbons (Fsp3) is 0.200. The number of ketones is 1. The summed E-state index contributed by atoms with van der Waals surface area (Å²) in [4.78, 5) is 54.2. The highest BCUT2D eigenvalue weighted by atomic mass is 16.6. The van der Waals surface area contributed by atoms with Crippen LogP contribution in [0.5, 0.6) is 5.75 Å². The zero-order valence-corrected chi connectivity index (χ0v) is 18.4. The Labute approximate surface area is 199 Å². The van der Waals surface area contributed by atoms with Crippen LogP contribution in [0.2, 0.25) is 0 Å². The number of allylic oxidation sites excluding steroid dienone is 2. The van der Waals surface area contributed by atoms with Crippen molar-refractivity contribution in [3.63, 3.8) is 0 Å². The molecule has 2 aromatic rings. The number of carbonyl (C=O) groups excluding carboxylic acids is 3. The molecule has 2 amide bonds. The predicted molar refractivity (Wildman–Crippen MR) is 122 cm³/mol. The van der Waals surface area contributed by atoms with Gasteiger partial charge < -0.3 is 9.64 Å². The van der Waals surface area contributed by atoms with Crippen molar-refractivity contribution in [3.05, 3.63) is 88.1 Å². The molecule has 2 saturated heterocycles. The molecular formula is C25H18N4O6. The first-order chi connectivity index (χ1) is 16.8. The summed E-state index contributed by atoms with van der Waals surface area (Å²) in [5.74, 6) is -2.90. The summed E-state index contributed by atoms with van der Waals surface area (Å²) >= 11 is 0. The lowest BCUT2D eigenvalue weighted by Crippen LogP contribution is -2.46. The van der Waals surface area contributed by atoms with Gasteiger partial charge in [0.1, 0.15) is 11.8 Å². The third-order valence-electron chi connectivity index (χ3n) is 6.62. The molecule has 10 heteroatoms. The van der Waals surface area contributed by atoms with Crippen LogP contribution in [0.4, 0.5) is 11.4 Å². The number of nitro groups is 1. The van der Waals surface area contributed by atoms with Gasteiger partial charge in [-0.1, -0.05) is 12.1 Å². The van der Waals surface area contributed by atoms with Crippen LogP contribution in [-0.4, -0.2) is 46.6 Å². The Hall–Kier alpha value is -4.78. The Balaban J connectivity index is 1.59. The minimum absolute atomic E-state index is 0.0650. The fourth-order valence-corrected chi connectivity index (χ4v) is 5.05. The maximum absolute atomic E-state index is 13.7. The monoisotopic (exact) mass is 470 g/mol. The Morgan fingerprint density at radius 3 is 2.49 bits per heavy atom. The van der Waals surface area contributed by atoms with E-state index in [4.69, 9.17) is 4.74 Å². The predicted octanol–water partition coefficient (Wildman–Crippen LogP) is 2.62. The van der Waals surface area contributed by atoms with Gasteiger partial charge in [0, 0.05) is 23.9 Å². The van der Waals surface area contributed by atoms with Gasteiger partial charge in [0.15, 0.2) is 5.78 Å². The van der Waals surface area contributed by atoms with Gasteiger partial charge in [-0.2, -0.15) is 5.26 Å². The van der Waals surface area contributed by atoms with Gasteiger partial charge in [0.25, 0.3) is 5.69 Å². The molecule has 35 heavy (non-hydrogen) atoms. The summed E-state index contributed by atoms with van der Waals surface area (Å²) in [7, 11) is 1.50. The normalized spacial score (nSPS) is 24.5. The van der Waals surface area contributed by atoms with Gasteiger partial charge >= 0.3 is 0 Å². The van der Waals surface area contributed by atoms with Crippen molar-refractivity contribution in [2.45, 2.75) is 12.1 Å². The Morgan fingerprint density at radius 1 is 1.11 bits per heavy atom. The second kappa shape index (κ2) is 8.22. The second-order valence-corrected chi connectivity index (χ2v) is 8.37. The Kier molecular flexibility index (Phi) is 5.17. The van der Waals surface area contributed by atoms with Crippen molar-refractivity contribution in [3.8, 4) is 11.8 Å². The number of carbonyl (C=O) groups is 3. The van der Waals surface area contributed by atoms with Gasteiger partial charge in [0.05, 0.1) is 47.2 Å². The summed E-state index contributed by atoms with van der Waals surface area (Å²) in [6.07, 6.45) is 4.64. The largest absolute Gasteiger partial charge is 0.497 e. The minimum Gasteiger partial charge on any atom is -0.497 e. The van der Waals surface area contributed by atoms with Crippen molar-refractivity contribution < 1.29 is 24.0 Å². The summed E-state index contributed by atoms with van der Waals surface area (Å²) in [6.45, 7) is 0. The number of ether oxygens (including phenoxy) is 1. The van der Waals surface area contributed by atoms with Crippen molar-refractivity contribution >= 4 is 29.0 Å². The first-order valence-electron chi connectivity index (χ1n) is 10.7. The van der Waals surface area contributed by atoms with Crippen molar-refractivity contribution in [2.24, 2.45) is 11.8 Å². The summed E-state index contributed by atoms with van der Waals surface area (Å²) in [5.41, 5.74) is 0.474. The highest BCUT2D eigenvalue weighted by Crippen LogP contribution is 2.47. The lowest BCUT2D eigenvalue weighted by molar-refractivity contribution is -0.384. The molecule has 3 heterocycles. The quantitative estimate of drug-likeness (QED) is 0.282. The van der Waals surface area contributed by atoms with Crippen LogP contribution in [0.25, 0.3) is 0 Å². The number of nitrogens with zero attached hydrogens (tertiary/aromatic N) is 4. The van der Waals surface area contributed by atoms with E-state index in [1.165, 1.54) is 31.4 Å². The number of Topliss-reactive ketones (excluding diaryl/α,β-unsaturated/α-hetero) is 1. The lowest BCUT2D eigenvalue weighted by Gasteiger charge is -2.32. The van der Waals surface area contributed by atoms with Gasteiger partial charge in [-0.3, -0.25) is 24.5 Å². The topological polar surface area (TPSA) is 134 Å². The zero-order valence-electron chi connectivity index (χ0n) is 18.4. The molecule has 0 bridgehead atoms. The number of methoxy groups -OCH3 is 1. The molecule has 0 saturated carbocycles. The van der Waals surface area contributed by atoms with Gasteiger partial charge in [-0.15, -0.1) is 0 Å². The van der Waals surface area contributed by atoms with Crippen LogP contribution >= 0.6 is 0 Å². The molecule has 3 aliphatic heterocycles. The maximum Gasteiger partial charge on any atom is 0.270 e. The van der Waals surface area contributed by atoms with Crippen LogP contribution in [-0.2, 0) is 9.59 Å². The summed E-state index contributed by atoms with van der Waals surface area (Å²) in [6, 6.07) is 12.0. The number of anilines is 1. The average molecular weight is 470 g/mol. The number of benzene rings is 2. The second-order valence-electron chi connectivity index (χ2n) is 8.37. The molecule has 5 rings (SSSR count). The summed E-state index contributed by atoms with van der Waals surface area (Å²) < 4.78 is 5.15. The van der Waals surface area contributed by atoms with Crippen LogP contribution in [0.3, 0.4) is 0 Å². The minimum atomic E-state index is -1.07. The lowest BCUT2D eigenvalue weighted by atomic mass is 9.86. The van der Waals surface area contributed by atoms with Crippen molar-refractivity contribution in [1.29, 1.82) is 5.26 Å². The highest BCUT2D eigenvalue weighted by Gasteiger charge is 2.63. The van der Waals surface area contributed by atoms with Crippen LogP contribution < -0.4 is 9.64 Å². The smallest absolute Gasteiger partial charge is 0.270 e. The molecule has 3 aliphatic rings. The number of nitriles is 1. The molecule has 2 aromatic carbocycles. The molecule has 174 valence electrons. The molecule has 0 unspecified atom stereocenters. The van der Waals surface area contributed by atoms with Gasteiger partial charge in [0.2, 0.25) is 11.8 Å². The van der Waals surface area contributed by atoms with E-state index in [1.807, 2.05) is 6.07 Å². The molecule has 0 aromatic heterocycles. The standard InChI is InChI=1S/C25H18N4O6/c1-35-18-7-5-16(6-8-18)28-24(31)20-19-11-14(13-26)9-10-27(19)22(21(20)25(28)32)23(30)15-3-2-4-17(12-15)29(33)34/h2-12,19-22H,1H3/t19-,20-,21-,22-/m0/s1. The molecule has 0 radical (unpaired) electrons. The molecule has 10 nitrogen and oxygen atoms in total. The van der Waals surface area contributed by atoms with E-state index in [9.17, 15) is 29.8 Å². The van der Waals surface area contributed by atoms with E-state index in [2.05, 4.69) is 0 Å². The number of imide groups is 1. The molecule has 2 fully saturated rings. The van der Waals surface area contributed by atoms with E-state index >= 15 is 0 Å². The Bertz CT molecular complexity index is 1370. The van der Waals surface area contributed by atoms with Crippen molar-refractivity contribution in [1.82, 2.24) is 4.90 Å². The van der Waals surface area contributed by atoms with E-state index in [-0.39, 0.29) is 11.3 Å². The number of hydrogen-bond acceptors (Lipinski definition) is 8. The van der Waals surface area contributed by atoms with Crippen LogP contribution in [0, 0.1) is 33.3 Å². The van der Waals surface area contributed by atoms with E-state index in [1.54, 1.807) is 41.4 Å². The van der Waals surface area contributed by atoms with Crippen LogP contribution in [0.15, 0.2) is 72.5 Å². The molecule has 0 spiro atoms. The maximum atomic E-state index is 13.7. The number of nitro benzene ring substituents is 1. The number of non-ortho nitro benzene ring substituents is 1. The first-order valence-corrected chi connectivity index (χ1v) is 10.7. The third kappa shape index (κ3) is 3.36. The fourth-order valence-electron chi connectivity index (χ4n) is 5.05. The SMILES string of the molecule is COc1ccc(N2C(=O)[C@@H]3[C@H](C2=O)[C@@H](C(=O)c2cccc([N+](=O)[O-])c2)N2C=CC(C#N)=C[C@@H]32)cc1. The summed E-state index contributed by atoms with van der Waals surface area (Å²) in [5, 5.41) is 20.6. The van der Waals surface area contributed by atoms with Crippen LogP contribution in [0.1, 0.15) is 10.4 Å². The van der Waals surface area contributed by atoms with Gasteiger partial charge in [-0.25, -0.2) is 4.90 Å². The third-order valence-corrected chi connectivity index (χ3v) is 6.62. The molecule has 4 atom stereocenters. The van der Waals surface area contributed by atoms with E-state index in [0.29, 0.717) is 17.0 Å². The highest BCUT2D eigenvalue weighted by molar-refractivity contribution is 6.24. The Morgan fingerprint density at radius 2 is 1.83 bits per heavy atom. The first kappa shape index (κ1) is 22.0. The van der Waals surface area contributed by atoms with Crippen molar-refractivity contribution in [2.75, 3.05) is 12.0 Å². The molecule has 0 N–H and O–H groups in total. The average Bonchev–Trinajstić information content (AvgIpc) is 3.35. The number of rotatable bonds is 5. The van der Waals surface area contributed by atoms with E-state index in [0.717, 1.165) is 11.0 Å². The van der Waals surface area contributed by atoms with E-state index < -0.39 is 46.4 Å². The number of amides is 2. The number of hydrogen-bond donors (Lipinski definition) is 0.